The summed E-state index contributed by atoms with van der Waals surface area (Å²) in [4.78, 5) is 12.3. The van der Waals surface area contributed by atoms with Crippen LogP contribution in [0.15, 0.2) is 12.1 Å². The van der Waals surface area contributed by atoms with Gasteiger partial charge >= 0.3 is 0 Å². The van der Waals surface area contributed by atoms with Crippen LogP contribution in [0.25, 0.3) is 0 Å². The molecule has 1 saturated heterocycles. The largest absolute Gasteiger partial charge is 0.496 e. The van der Waals surface area contributed by atoms with E-state index in [0.29, 0.717) is 28.6 Å². The van der Waals surface area contributed by atoms with E-state index in [2.05, 4.69) is 12.2 Å². The van der Waals surface area contributed by atoms with E-state index in [1.807, 2.05) is 11.8 Å². The van der Waals surface area contributed by atoms with Crippen molar-refractivity contribution in [2.75, 3.05) is 25.1 Å². The van der Waals surface area contributed by atoms with E-state index in [1.54, 1.807) is 12.1 Å². The Hall–Kier alpha value is -0.780. The Labute approximate surface area is 140 Å². The molecule has 0 radical (unpaired) electrons. The summed E-state index contributed by atoms with van der Waals surface area (Å²) in [5.41, 5.74) is 6.53. The summed E-state index contributed by atoms with van der Waals surface area (Å²) in [6.45, 7) is 2.82. The van der Waals surface area contributed by atoms with Gasteiger partial charge in [0.1, 0.15) is 5.75 Å². The Kier molecular flexibility index (Phi) is 6.50. The normalized spacial score (nSPS) is 20.7. The van der Waals surface area contributed by atoms with Gasteiger partial charge in [-0.2, -0.15) is 11.8 Å². The molecule has 1 amide bonds. The Morgan fingerprint density at radius 1 is 1.57 bits per heavy atom. The molecule has 1 fully saturated rings. The molecule has 2 rings (SSSR count). The number of hydrogen-bond acceptors (Lipinski definition) is 4. The minimum Gasteiger partial charge on any atom is -0.496 e. The number of carbonyl (C=O) groups excluding carboxylic acids is 1. The first-order valence-electron chi connectivity index (χ1n) is 6.50. The number of benzene rings is 1. The van der Waals surface area contributed by atoms with E-state index in [0.717, 1.165) is 12.2 Å². The number of methoxy groups -OCH3 is 1. The van der Waals surface area contributed by atoms with Crippen LogP contribution in [0.2, 0.25) is 5.02 Å². The predicted octanol–water partition coefficient (Wildman–Crippen LogP) is 3.37. The zero-order valence-electron chi connectivity index (χ0n) is 12.1. The molecule has 118 valence electrons. The lowest BCUT2D eigenvalue weighted by Crippen LogP contribution is -2.36. The smallest absolute Gasteiger partial charge is 0.255 e. The molecular weight excluding hydrogens is 331 g/mol. The zero-order chi connectivity index (χ0) is 14.8. The number of thioether (sulfide) groups is 1. The first kappa shape index (κ1) is 18.3. The minimum atomic E-state index is -0.183. The summed E-state index contributed by atoms with van der Waals surface area (Å²) in [5, 5.41) is 3.32. The number of amides is 1. The molecule has 0 saturated carbocycles. The maximum absolute atomic E-state index is 12.3. The number of carbonyl (C=O) groups is 1. The first-order valence-corrected chi connectivity index (χ1v) is 7.87. The van der Waals surface area contributed by atoms with Crippen LogP contribution in [-0.2, 0) is 0 Å². The second-order valence-electron chi connectivity index (χ2n) is 5.16. The highest BCUT2D eigenvalue weighted by molar-refractivity contribution is 8.00. The Bertz CT molecular complexity index is 520. The highest BCUT2D eigenvalue weighted by Crippen LogP contribution is 2.37. The van der Waals surface area contributed by atoms with E-state index < -0.39 is 0 Å². The third-order valence-corrected chi connectivity index (χ3v) is 5.35. The van der Waals surface area contributed by atoms with Crippen LogP contribution in [-0.4, -0.2) is 30.1 Å². The summed E-state index contributed by atoms with van der Waals surface area (Å²) >= 11 is 7.88. The molecule has 21 heavy (non-hydrogen) atoms. The van der Waals surface area contributed by atoms with Crippen LogP contribution in [0.4, 0.5) is 5.69 Å². The van der Waals surface area contributed by atoms with Gasteiger partial charge in [-0.3, -0.25) is 4.79 Å². The highest BCUT2D eigenvalue weighted by Gasteiger charge is 2.30. The molecule has 1 aromatic rings. The Balaban J connectivity index is 0.00000220. The van der Waals surface area contributed by atoms with Gasteiger partial charge in [0.2, 0.25) is 0 Å². The van der Waals surface area contributed by atoms with Gasteiger partial charge in [0.15, 0.2) is 0 Å². The van der Waals surface area contributed by atoms with E-state index in [9.17, 15) is 4.79 Å². The fraction of sp³-hybridized carbons (Fsp3) is 0.500. The lowest BCUT2D eigenvalue weighted by atomic mass is 10.1. The number of ether oxygens (including phenoxy) is 1. The van der Waals surface area contributed by atoms with Gasteiger partial charge in [-0.25, -0.2) is 0 Å². The maximum Gasteiger partial charge on any atom is 0.255 e. The number of rotatable bonds is 4. The van der Waals surface area contributed by atoms with Gasteiger partial charge in [0.25, 0.3) is 5.91 Å². The molecule has 1 aliphatic rings. The third-order valence-electron chi connectivity index (χ3n) is 3.49. The SMILES string of the molecule is COc1cc(N)c(Cl)cc1C(=O)NCC1(C)CCCS1.Cl. The van der Waals surface area contributed by atoms with Crippen LogP contribution in [0.1, 0.15) is 30.1 Å². The van der Waals surface area contributed by atoms with E-state index >= 15 is 0 Å². The van der Waals surface area contributed by atoms with Gasteiger partial charge in [-0.1, -0.05) is 11.6 Å². The van der Waals surface area contributed by atoms with Crippen molar-refractivity contribution in [2.24, 2.45) is 0 Å². The fourth-order valence-electron chi connectivity index (χ4n) is 2.25. The van der Waals surface area contributed by atoms with Crippen molar-refractivity contribution in [3.8, 4) is 5.75 Å². The summed E-state index contributed by atoms with van der Waals surface area (Å²) in [5.74, 6) is 1.41. The van der Waals surface area contributed by atoms with Crippen LogP contribution in [0, 0.1) is 0 Å². The number of halogens is 2. The third kappa shape index (κ3) is 4.34. The maximum atomic E-state index is 12.3. The van der Waals surface area contributed by atoms with Gasteiger partial charge < -0.3 is 15.8 Å². The number of nitrogens with two attached hydrogens (primary N) is 1. The molecule has 3 N–H and O–H groups in total. The van der Waals surface area contributed by atoms with E-state index in [-0.39, 0.29) is 23.1 Å². The molecule has 0 aromatic heterocycles. The molecular formula is C14H20Cl2N2O2S. The molecule has 0 bridgehead atoms. The van der Waals surface area contributed by atoms with Crippen LogP contribution in [0.5, 0.6) is 5.75 Å². The molecule has 1 unspecified atom stereocenters. The number of anilines is 1. The van der Waals surface area contributed by atoms with Crippen molar-refractivity contribution in [1.82, 2.24) is 5.32 Å². The summed E-state index contributed by atoms with van der Waals surface area (Å²) < 4.78 is 5.32. The molecule has 1 aromatic carbocycles. The topological polar surface area (TPSA) is 64.3 Å². The number of nitrogens with one attached hydrogen (secondary N) is 1. The van der Waals surface area contributed by atoms with E-state index in [4.69, 9.17) is 22.1 Å². The molecule has 0 spiro atoms. The summed E-state index contributed by atoms with van der Waals surface area (Å²) in [6, 6.07) is 3.12. The standard InChI is InChI=1S/C14H19ClN2O2S.ClH/c1-14(4-3-5-20-14)8-17-13(18)9-6-10(15)11(16)7-12(9)19-2;/h6-7H,3-5,8,16H2,1-2H3,(H,17,18);1H. The van der Waals surface area contributed by atoms with Gasteiger partial charge in [0, 0.05) is 17.4 Å². The number of hydrogen-bond donors (Lipinski definition) is 2. The van der Waals surface area contributed by atoms with Crippen LogP contribution < -0.4 is 15.8 Å². The second-order valence-corrected chi connectivity index (χ2v) is 7.25. The summed E-state index contributed by atoms with van der Waals surface area (Å²) in [6.07, 6.45) is 2.33. The average Bonchev–Trinajstić information content (AvgIpc) is 2.86. The lowest BCUT2D eigenvalue weighted by Gasteiger charge is -2.23. The molecule has 1 atom stereocenters. The van der Waals surface area contributed by atoms with Crippen molar-refractivity contribution in [3.05, 3.63) is 22.7 Å². The zero-order valence-corrected chi connectivity index (χ0v) is 14.5. The minimum absolute atomic E-state index is 0. The quantitative estimate of drug-likeness (QED) is 0.817. The highest BCUT2D eigenvalue weighted by atomic mass is 35.5. The van der Waals surface area contributed by atoms with Crippen molar-refractivity contribution in [2.45, 2.75) is 24.5 Å². The van der Waals surface area contributed by atoms with Gasteiger partial charge in [-0.15, -0.1) is 12.4 Å². The van der Waals surface area contributed by atoms with Gasteiger partial charge in [-0.05, 0) is 31.6 Å². The summed E-state index contributed by atoms with van der Waals surface area (Å²) in [7, 11) is 1.51. The predicted molar refractivity (Wildman–Crippen MR) is 92.1 cm³/mol. The second kappa shape index (κ2) is 7.47. The van der Waals surface area contributed by atoms with Crippen molar-refractivity contribution < 1.29 is 9.53 Å². The first-order chi connectivity index (χ1) is 9.45. The van der Waals surface area contributed by atoms with Gasteiger partial charge in [0.05, 0.1) is 23.4 Å². The van der Waals surface area contributed by atoms with Crippen molar-refractivity contribution >= 4 is 47.4 Å². The molecule has 7 heteroatoms. The van der Waals surface area contributed by atoms with Crippen molar-refractivity contribution in [3.63, 3.8) is 0 Å². The van der Waals surface area contributed by atoms with E-state index in [1.165, 1.54) is 13.5 Å². The average molecular weight is 351 g/mol. The van der Waals surface area contributed by atoms with Crippen LogP contribution >= 0.6 is 35.8 Å². The number of nitrogen functional groups attached to an aromatic ring is 1. The monoisotopic (exact) mass is 350 g/mol. The van der Waals surface area contributed by atoms with Crippen LogP contribution in [0.3, 0.4) is 0 Å². The Morgan fingerprint density at radius 2 is 2.29 bits per heavy atom. The molecule has 0 aliphatic carbocycles. The van der Waals surface area contributed by atoms with Crippen molar-refractivity contribution in [1.29, 1.82) is 0 Å². The molecule has 4 nitrogen and oxygen atoms in total. The molecule has 1 aliphatic heterocycles. The fourth-order valence-corrected chi connectivity index (χ4v) is 3.66. The lowest BCUT2D eigenvalue weighted by molar-refractivity contribution is 0.0947. The Morgan fingerprint density at radius 3 is 2.86 bits per heavy atom. The molecule has 1 heterocycles.